The standard InChI is InChI=1S/C13H26N2O2/c1-4-17-8-11(10(2)3)15-12(16)13(9-14)6-5-7-13/h10-11H,4-9,14H2,1-3H3,(H,15,16). The molecule has 0 aromatic carbocycles. The van der Waals surface area contributed by atoms with Crippen molar-refractivity contribution in [3.63, 3.8) is 0 Å². The summed E-state index contributed by atoms with van der Waals surface area (Å²) in [6, 6.07) is 0.0893. The van der Waals surface area contributed by atoms with E-state index in [0.717, 1.165) is 19.3 Å². The Morgan fingerprint density at radius 1 is 1.47 bits per heavy atom. The molecule has 1 unspecified atom stereocenters. The number of carbonyl (C=O) groups is 1. The molecular formula is C13H26N2O2. The van der Waals surface area contributed by atoms with Crippen LogP contribution >= 0.6 is 0 Å². The number of hydrogen-bond donors (Lipinski definition) is 2. The molecule has 0 spiro atoms. The molecule has 0 aromatic rings. The van der Waals surface area contributed by atoms with Crippen LogP contribution in [0.4, 0.5) is 0 Å². The smallest absolute Gasteiger partial charge is 0.227 e. The lowest BCUT2D eigenvalue weighted by molar-refractivity contribution is -0.136. The molecule has 1 amide bonds. The number of nitrogens with two attached hydrogens (primary N) is 1. The lowest BCUT2D eigenvalue weighted by Crippen LogP contribution is -2.54. The molecule has 17 heavy (non-hydrogen) atoms. The fourth-order valence-electron chi connectivity index (χ4n) is 2.09. The molecule has 0 aromatic heterocycles. The summed E-state index contributed by atoms with van der Waals surface area (Å²) in [4.78, 5) is 12.2. The van der Waals surface area contributed by atoms with E-state index in [2.05, 4.69) is 19.2 Å². The predicted molar refractivity (Wildman–Crippen MR) is 68.6 cm³/mol. The first-order valence-electron chi connectivity index (χ1n) is 6.64. The van der Waals surface area contributed by atoms with Crippen LogP contribution in [0.5, 0.6) is 0 Å². The van der Waals surface area contributed by atoms with Gasteiger partial charge in [0.15, 0.2) is 0 Å². The summed E-state index contributed by atoms with van der Waals surface area (Å²) in [6.45, 7) is 7.88. The summed E-state index contributed by atoms with van der Waals surface area (Å²) in [5.41, 5.74) is 5.44. The lowest BCUT2D eigenvalue weighted by atomic mass is 9.68. The largest absolute Gasteiger partial charge is 0.380 e. The first-order chi connectivity index (χ1) is 8.05. The van der Waals surface area contributed by atoms with Crippen molar-refractivity contribution in [3.8, 4) is 0 Å². The Bertz CT molecular complexity index is 244. The number of nitrogens with one attached hydrogen (secondary N) is 1. The van der Waals surface area contributed by atoms with E-state index >= 15 is 0 Å². The maximum atomic E-state index is 12.2. The molecular weight excluding hydrogens is 216 g/mol. The van der Waals surface area contributed by atoms with Crippen LogP contribution in [0.1, 0.15) is 40.0 Å². The number of rotatable bonds is 7. The van der Waals surface area contributed by atoms with Crippen molar-refractivity contribution in [1.82, 2.24) is 5.32 Å². The molecule has 0 bridgehead atoms. The third-order valence-corrected chi connectivity index (χ3v) is 3.81. The van der Waals surface area contributed by atoms with Gasteiger partial charge in [0.25, 0.3) is 0 Å². The van der Waals surface area contributed by atoms with Gasteiger partial charge in [-0.1, -0.05) is 20.3 Å². The van der Waals surface area contributed by atoms with E-state index in [1.54, 1.807) is 0 Å². The van der Waals surface area contributed by atoms with E-state index in [4.69, 9.17) is 10.5 Å². The van der Waals surface area contributed by atoms with Gasteiger partial charge >= 0.3 is 0 Å². The topological polar surface area (TPSA) is 64.3 Å². The summed E-state index contributed by atoms with van der Waals surface area (Å²) < 4.78 is 5.41. The van der Waals surface area contributed by atoms with Gasteiger partial charge in [-0.15, -0.1) is 0 Å². The van der Waals surface area contributed by atoms with Crippen LogP contribution in [-0.4, -0.2) is 31.7 Å². The molecule has 1 aliphatic rings. The Morgan fingerprint density at radius 2 is 2.12 bits per heavy atom. The summed E-state index contributed by atoms with van der Waals surface area (Å²) in [5, 5.41) is 3.10. The van der Waals surface area contributed by atoms with E-state index in [0.29, 0.717) is 25.7 Å². The van der Waals surface area contributed by atoms with Gasteiger partial charge < -0.3 is 15.8 Å². The second-order valence-corrected chi connectivity index (χ2v) is 5.32. The number of amides is 1. The van der Waals surface area contributed by atoms with Crippen molar-refractivity contribution >= 4 is 5.91 Å². The van der Waals surface area contributed by atoms with E-state index in [1.165, 1.54) is 0 Å². The Labute approximate surface area is 104 Å². The Morgan fingerprint density at radius 3 is 2.47 bits per heavy atom. The molecule has 0 aliphatic heterocycles. The minimum Gasteiger partial charge on any atom is -0.380 e. The lowest BCUT2D eigenvalue weighted by Gasteiger charge is -2.40. The molecule has 0 radical (unpaired) electrons. The zero-order chi connectivity index (χ0) is 12.9. The molecule has 1 atom stereocenters. The minimum absolute atomic E-state index is 0.0893. The zero-order valence-corrected chi connectivity index (χ0v) is 11.3. The van der Waals surface area contributed by atoms with Gasteiger partial charge in [-0.2, -0.15) is 0 Å². The molecule has 100 valence electrons. The first kappa shape index (κ1) is 14.5. The molecule has 4 heteroatoms. The van der Waals surface area contributed by atoms with Gasteiger partial charge in [0.1, 0.15) is 0 Å². The molecule has 1 fully saturated rings. The van der Waals surface area contributed by atoms with E-state index in [1.807, 2.05) is 6.92 Å². The fourth-order valence-corrected chi connectivity index (χ4v) is 2.09. The molecule has 0 saturated heterocycles. The van der Waals surface area contributed by atoms with Crippen LogP contribution < -0.4 is 11.1 Å². The highest BCUT2D eigenvalue weighted by Gasteiger charge is 2.43. The fraction of sp³-hybridized carbons (Fsp3) is 0.923. The zero-order valence-electron chi connectivity index (χ0n) is 11.3. The molecule has 0 heterocycles. The minimum atomic E-state index is -0.292. The van der Waals surface area contributed by atoms with Crippen molar-refractivity contribution < 1.29 is 9.53 Å². The van der Waals surface area contributed by atoms with Crippen molar-refractivity contribution in [2.45, 2.75) is 46.1 Å². The monoisotopic (exact) mass is 242 g/mol. The third kappa shape index (κ3) is 3.42. The van der Waals surface area contributed by atoms with Crippen molar-refractivity contribution in [3.05, 3.63) is 0 Å². The average Bonchev–Trinajstić information content (AvgIpc) is 2.23. The van der Waals surface area contributed by atoms with Gasteiger partial charge in [0.05, 0.1) is 18.1 Å². The summed E-state index contributed by atoms with van der Waals surface area (Å²) in [6.07, 6.45) is 2.96. The molecule has 1 saturated carbocycles. The second kappa shape index (κ2) is 6.36. The van der Waals surface area contributed by atoms with E-state index < -0.39 is 0 Å². The van der Waals surface area contributed by atoms with E-state index in [-0.39, 0.29) is 17.4 Å². The molecule has 1 rings (SSSR count). The van der Waals surface area contributed by atoms with Gasteiger partial charge in [0, 0.05) is 13.2 Å². The average molecular weight is 242 g/mol. The van der Waals surface area contributed by atoms with Gasteiger partial charge in [-0.25, -0.2) is 0 Å². The van der Waals surface area contributed by atoms with Gasteiger partial charge in [0.2, 0.25) is 5.91 Å². The third-order valence-electron chi connectivity index (χ3n) is 3.81. The van der Waals surface area contributed by atoms with Crippen LogP contribution in [0.15, 0.2) is 0 Å². The summed E-state index contributed by atoms with van der Waals surface area (Å²) >= 11 is 0. The highest BCUT2D eigenvalue weighted by molar-refractivity contribution is 5.84. The maximum Gasteiger partial charge on any atom is 0.227 e. The van der Waals surface area contributed by atoms with Gasteiger partial charge in [-0.05, 0) is 25.7 Å². The number of ether oxygens (including phenoxy) is 1. The van der Waals surface area contributed by atoms with Crippen LogP contribution in [-0.2, 0) is 9.53 Å². The Kier molecular flexibility index (Phi) is 5.40. The predicted octanol–water partition coefficient (Wildman–Crippen LogP) is 1.29. The SMILES string of the molecule is CCOCC(NC(=O)C1(CN)CCC1)C(C)C. The first-order valence-corrected chi connectivity index (χ1v) is 6.64. The molecule has 4 nitrogen and oxygen atoms in total. The number of carbonyl (C=O) groups excluding carboxylic acids is 1. The van der Waals surface area contributed by atoms with Gasteiger partial charge in [-0.3, -0.25) is 4.79 Å². The van der Waals surface area contributed by atoms with Crippen molar-refractivity contribution in [1.29, 1.82) is 0 Å². The highest BCUT2D eigenvalue weighted by Crippen LogP contribution is 2.40. The van der Waals surface area contributed by atoms with Crippen LogP contribution in [0.25, 0.3) is 0 Å². The second-order valence-electron chi connectivity index (χ2n) is 5.32. The van der Waals surface area contributed by atoms with Crippen LogP contribution in [0.3, 0.4) is 0 Å². The summed E-state index contributed by atoms with van der Waals surface area (Å²) in [5.74, 6) is 0.491. The number of hydrogen-bond acceptors (Lipinski definition) is 3. The van der Waals surface area contributed by atoms with Crippen LogP contribution in [0, 0.1) is 11.3 Å². The highest BCUT2D eigenvalue weighted by atomic mass is 16.5. The maximum absolute atomic E-state index is 12.2. The van der Waals surface area contributed by atoms with Crippen molar-refractivity contribution in [2.24, 2.45) is 17.1 Å². The Hall–Kier alpha value is -0.610. The quantitative estimate of drug-likeness (QED) is 0.707. The Balaban J connectivity index is 2.51. The van der Waals surface area contributed by atoms with Crippen molar-refractivity contribution in [2.75, 3.05) is 19.8 Å². The van der Waals surface area contributed by atoms with E-state index in [9.17, 15) is 4.79 Å². The molecule has 3 N–H and O–H groups in total. The summed E-state index contributed by atoms with van der Waals surface area (Å²) in [7, 11) is 0. The van der Waals surface area contributed by atoms with Crippen LogP contribution in [0.2, 0.25) is 0 Å². The normalized spacial score (nSPS) is 19.8. The molecule has 1 aliphatic carbocycles.